The van der Waals surface area contributed by atoms with Crippen molar-refractivity contribution in [3.63, 3.8) is 0 Å². The second kappa shape index (κ2) is 6.88. The predicted molar refractivity (Wildman–Crippen MR) is 84.7 cm³/mol. The van der Waals surface area contributed by atoms with Gasteiger partial charge in [0.25, 0.3) is 11.7 Å². The summed E-state index contributed by atoms with van der Waals surface area (Å²) in [4.78, 5) is 17.5. The zero-order valence-electron chi connectivity index (χ0n) is 13.7. The Balaban J connectivity index is 1.82. The van der Waals surface area contributed by atoms with Gasteiger partial charge in [0.2, 0.25) is 5.89 Å². The van der Waals surface area contributed by atoms with Crippen LogP contribution in [0, 0.1) is 0 Å². The van der Waals surface area contributed by atoms with Crippen LogP contribution in [0.2, 0.25) is 0 Å². The van der Waals surface area contributed by atoms with Gasteiger partial charge in [-0.1, -0.05) is 17.3 Å². The van der Waals surface area contributed by atoms with Crippen molar-refractivity contribution in [2.24, 2.45) is 5.73 Å². The van der Waals surface area contributed by atoms with E-state index in [1.165, 1.54) is 0 Å². The van der Waals surface area contributed by atoms with Crippen LogP contribution in [0.5, 0.6) is 11.5 Å². The van der Waals surface area contributed by atoms with Crippen molar-refractivity contribution in [1.29, 1.82) is 0 Å². The van der Waals surface area contributed by atoms with Crippen LogP contribution in [0.25, 0.3) is 0 Å². The van der Waals surface area contributed by atoms with Crippen LogP contribution >= 0.6 is 0 Å². The molecule has 0 aliphatic carbocycles. The number of primary amides is 1. The molecule has 8 heteroatoms. The van der Waals surface area contributed by atoms with Gasteiger partial charge in [0, 0.05) is 12.1 Å². The van der Waals surface area contributed by atoms with Crippen molar-refractivity contribution in [2.45, 2.75) is 25.4 Å². The Morgan fingerprint density at radius 1 is 1.42 bits per heavy atom. The molecule has 0 saturated carbocycles. The van der Waals surface area contributed by atoms with Crippen molar-refractivity contribution in [3.8, 4) is 11.5 Å². The number of aromatic nitrogens is 2. The molecule has 1 aromatic heterocycles. The minimum absolute atomic E-state index is 0.0403. The maximum Gasteiger partial charge on any atom is 0.290 e. The molecule has 2 N–H and O–H groups in total. The molecule has 1 saturated heterocycles. The third kappa shape index (κ3) is 3.05. The Morgan fingerprint density at radius 2 is 2.25 bits per heavy atom. The molecular weight excluding hydrogens is 312 g/mol. The highest BCUT2D eigenvalue weighted by molar-refractivity contribution is 5.88. The highest BCUT2D eigenvalue weighted by Gasteiger charge is 2.32. The highest BCUT2D eigenvalue weighted by atomic mass is 16.5. The fraction of sp³-hybridized carbons (Fsp3) is 0.438. The summed E-state index contributed by atoms with van der Waals surface area (Å²) in [6.45, 7) is 1.54. The number of para-hydroxylation sites is 1. The van der Waals surface area contributed by atoms with Gasteiger partial charge in [-0.15, -0.1) is 0 Å². The second-order valence-corrected chi connectivity index (χ2v) is 5.60. The molecule has 0 unspecified atom stereocenters. The van der Waals surface area contributed by atoms with E-state index in [9.17, 15) is 4.79 Å². The number of nitrogens with two attached hydrogens (primary N) is 1. The van der Waals surface area contributed by atoms with Gasteiger partial charge in [-0.25, -0.2) is 0 Å². The van der Waals surface area contributed by atoms with E-state index in [0.717, 1.165) is 24.9 Å². The van der Waals surface area contributed by atoms with Crippen molar-refractivity contribution < 1.29 is 18.8 Å². The van der Waals surface area contributed by atoms with E-state index in [1.54, 1.807) is 14.2 Å². The average Bonchev–Trinajstić information content (AvgIpc) is 3.23. The number of amides is 1. The number of ether oxygens (including phenoxy) is 2. The molecule has 0 radical (unpaired) electrons. The fourth-order valence-electron chi connectivity index (χ4n) is 3.06. The van der Waals surface area contributed by atoms with E-state index in [4.69, 9.17) is 19.7 Å². The van der Waals surface area contributed by atoms with Gasteiger partial charge in [0.15, 0.2) is 11.5 Å². The molecule has 1 fully saturated rings. The Hall–Kier alpha value is -2.61. The first-order valence-electron chi connectivity index (χ1n) is 7.71. The van der Waals surface area contributed by atoms with E-state index >= 15 is 0 Å². The number of methoxy groups -OCH3 is 2. The minimum Gasteiger partial charge on any atom is -0.493 e. The summed E-state index contributed by atoms with van der Waals surface area (Å²) in [5, 5.41) is 3.63. The molecule has 8 nitrogen and oxygen atoms in total. The summed E-state index contributed by atoms with van der Waals surface area (Å²) in [5.74, 6) is 1.05. The third-order valence-electron chi connectivity index (χ3n) is 4.17. The van der Waals surface area contributed by atoms with Crippen LogP contribution in [-0.4, -0.2) is 41.7 Å². The summed E-state index contributed by atoms with van der Waals surface area (Å²) >= 11 is 0. The van der Waals surface area contributed by atoms with Crippen molar-refractivity contribution in [3.05, 3.63) is 35.5 Å². The molecule has 24 heavy (non-hydrogen) atoms. The number of carbonyl (C=O) groups excluding carboxylic acids is 1. The zero-order valence-corrected chi connectivity index (χ0v) is 13.7. The molecule has 1 amide bonds. The molecular formula is C16H20N4O4. The van der Waals surface area contributed by atoms with Gasteiger partial charge in [-0.05, 0) is 25.5 Å². The molecule has 1 aliphatic heterocycles. The van der Waals surface area contributed by atoms with E-state index in [1.807, 2.05) is 18.2 Å². The first-order valence-corrected chi connectivity index (χ1v) is 7.71. The molecule has 1 aliphatic rings. The van der Waals surface area contributed by atoms with Crippen molar-refractivity contribution in [1.82, 2.24) is 15.0 Å². The van der Waals surface area contributed by atoms with Crippen molar-refractivity contribution >= 4 is 5.91 Å². The van der Waals surface area contributed by atoms with Gasteiger partial charge >= 0.3 is 0 Å². The normalized spacial score (nSPS) is 17.8. The van der Waals surface area contributed by atoms with E-state index in [2.05, 4.69) is 15.0 Å². The maximum absolute atomic E-state index is 11.1. The van der Waals surface area contributed by atoms with E-state index < -0.39 is 5.91 Å². The zero-order chi connectivity index (χ0) is 17.1. The lowest BCUT2D eigenvalue weighted by Gasteiger charge is -2.23. The minimum atomic E-state index is -0.691. The number of nitrogens with zero attached hydrogens (tertiary/aromatic N) is 3. The molecule has 1 aromatic carbocycles. The Labute approximate surface area is 139 Å². The molecule has 2 aromatic rings. The van der Waals surface area contributed by atoms with Gasteiger partial charge in [0.1, 0.15) is 0 Å². The largest absolute Gasteiger partial charge is 0.493 e. The smallest absolute Gasteiger partial charge is 0.290 e. The number of likely N-dealkylation sites (tertiary alicyclic amines) is 1. The van der Waals surface area contributed by atoms with Crippen molar-refractivity contribution in [2.75, 3.05) is 20.8 Å². The number of hydrogen-bond acceptors (Lipinski definition) is 7. The molecule has 1 atom stereocenters. The average molecular weight is 332 g/mol. The molecule has 0 spiro atoms. The first-order chi connectivity index (χ1) is 11.6. The lowest BCUT2D eigenvalue weighted by atomic mass is 10.1. The summed E-state index contributed by atoms with van der Waals surface area (Å²) in [5.41, 5.74) is 6.20. The molecule has 2 heterocycles. The fourth-order valence-corrected chi connectivity index (χ4v) is 3.06. The van der Waals surface area contributed by atoms with Gasteiger partial charge in [0.05, 0.1) is 20.3 Å². The quantitative estimate of drug-likeness (QED) is 0.855. The summed E-state index contributed by atoms with van der Waals surface area (Å²) in [6, 6.07) is 5.75. The standard InChI is InChI=1S/C16H20N4O4/c1-22-12-7-3-5-10(13(12)23-2)9-20-8-4-6-11(20)16-18-15(14(17)21)19-24-16/h3,5,7,11H,4,6,8-9H2,1-2H3,(H2,17,21)/t11-/m1/s1. The van der Waals surface area contributed by atoms with E-state index in [0.29, 0.717) is 23.9 Å². The Kier molecular flexibility index (Phi) is 4.66. The first kappa shape index (κ1) is 16.3. The third-order valence-corrected chi connectivity index (χ3v) is 4.17. The lowest BCUT2D eigenvalue weighted by Crippen LogP contribution is -2.23. The Morgan fingerprint density at radius 3 is 2.92 bits per heavy atom. The second-order valence-electron chi connectivity index (χ2n) is 5.60. The van der Waals surface area contributed by atoms with Crippen LogP contribution in [0.4, 0.5) is 0 Å². The number of hydrogen-bond donors (Lipinski definition) is 1. The molecule has 3 rings (SSSR count). The lowest BCUT2D eigenvalue weighted by molar-refractivity contribution is 0.0987. The van der Waals surface area contributed by atoms with Gasteiger partial charge in [-0.3, -0.25) is 9.69 Å². The Bertz CT molecular complexity index is 731. The SMILES string of the molecule is COc1cccc(CN2CCC[C@@H]2c2nc(C(N)=O)no2)c1OC. The predicted octanol–water partition coefficient (Wildman–Crippen LogP) is 1.52. The highest BCUT2D eigenvalue weighted by Crippen LogP contribution is 2.36. The number of benzene rings is 1. The topological polar surface area (TPSA) is 104 Å². The summed E-state index contributed by atoms with van der Waals surface area (Å²) < 4.78 is 16.1. The van der Waals surface area contributed by atoms with Gasteiger partial charge in [-0.2, -0.15) is 4.98 Å². The molecule has 0 bridgehead atoms. The maximum atomic E-state index is 11.1. The van der Waals surface area contributed by atoms with Crippen LogP contribution in [0.1, 0.15) is 41.0 Å². The summed E-state index contributed by atoms with van der Waals surface area (Å²) in [6.07, 6.45) is 1.89. The van der Waals surface area contributed by atoms with Gasteiger partial charge < -0.3 is 19.7 Å². The molecule has 128 valence electrons. The van der Waals surface area contributed by atoms with Crippen LogP contribution in [0.3, 0.4) is 0 Å². The monoisotopic (exact) mass is 332 g/mol. The van der Waals surface area contributed by atoms with E-state index in [-0.39, 0.29) is 11.9 Å². The number of carbonyl (C=O) groups is 1. The summed E-state index contributed by atoms with van der Waals surface area (Å²) in [7, 11) is 3.24. The van der Waals surface area contributed by atoms with Crippen LogP contribution < -0.4 is 15.2 Å². The van der Waals surface area contributed by atoms with Crippen LogP contribution in [-0.2, 0) is 6.54 Å². The number of rotatable bonds is 6. The van der Waals surface area contributed by atoms with Crippen LogP contribution in [0.15, 0.2) is 22.7 Å².